The van der Waals surface area contributed by atoms with E-state index in [1.54, 1.807) is 19.4 Å². The second kappa shape index (κ2) is 6.52. The van der Waals surface area contributed by atoms with Gasteiger partial charge in [0.2, 0.25) is 0 Å². The fourth-order valence-corrected chi connectivity index (χ4v) is 3.67. The third-order valence-corrected chi connectivity index (χ3v) is 5.17. The Morgan fingerprint density at radius 2 is 2.12 bits per heavy atom. The fraction of sp³-hybridized carbons (Fsp3) is 0.474. The lowest BCUT2D eigenvalue weighted by Gasteiger charge is -2.22. The molecule has 2 aromatic rings. The van der Waals surface area contributed by atoms with Crippen molar-refractivity contribution >= 4 is 11.7 Å². The molecule has 1 aromatic heterocycles. The van der Waals surface area contributed by atoms with E-state index in [0.717, 1.165) is 36.1 Å². The van der Waals surface area contributed by atoms with E-state index < -0.39 is 5.97 Å². The van der Waals surface area contributed by atoms with Crippen LogP contribution in [0.1, 0.15) is 35.0 Å². The number of ether oxygens (including phenoxy) is 1. The van der Waals surface area contributed by atoms with E-state index in [-0.39, 0.29) is 6.61 Å². The van der Waals surface area contributed by atoms with Crippen molar-refractivity contribution in [3.05, 3.63) is 47.5 Å². The number of rotatable bonds is 6. The molecule has 25 heavy (non-hydrogen) atoms. The van der Waals surface area contributed by atoms with Gasteiger partial charge in [-0.15, -0.1) is 0 Å². The summed E-state index contributed by atoms with van der Waals surface area (Å²) in [4.78, 5) is 18.2. The van der Waals surface area contributed by atoms with Crippen LogP contribution in [0.3, 0.4) is 0 Å². The number of aliphatic hydroxyl groups is 1. The lowest BCUT2D eigenvalue weighted by Crippen LogP contribution is -2.22. The molecule has 1 saturated heterocycles. The van der Waals surface area contributed by atoms with Crippen molar-refractivity contribution in [1.82, 2.24) is 9.55 Å². The van der Waals surface area contributed by atoms with E-state index in [0.29, 0.717) is 18.8 Å². The van der Waals surface area contributed by atoms with Crippen molar-refractivity contribution in [2.75, 3.05) is 24.6 Å². The summed E-state index contributed by atoms with van der Waals surface area (Å²) in [6.07, 6.45) is 4.68. The van der Waals surface area contributed by atoms with Gasteiger partial charge in [0, 0.05) is 31.5 Å². The largest absolute Gasteiger partial charge is 0.461 e. The number of imidazole rings is 1. The summed E-state index contributed by atoms with van der Waals surface area (Å²) in [7, 11) is 0. The van der Waals surface area contributed by atoms with E-state index in [2.05, 4.69) is 28.1 Å². The summed E-state index contributed by atoms with van der Waals surface area (Å²) < 4.78 is 6.80. The zero-order valence-corrected chi connectivity index (χ0v) is 14.4. The Kier molecular flexibility index (Phi) is 4.21. The van der Waals surface area contributed by atoms with Crippen LogP contribution in [-0.4, -0.2) is 40.3 Å². The highest BCUT2D eigenvalue weighted by Crippen LogP contribution is 2.46. The van der Waals surface area contributed by atoms with Crippen LogP contribution >= 0.6 is 0 Å². The number of aromatic nitrogens is 2. The van der Waals surface area contributed by atoms with Gasteiger partial charge in [-0.2, -0.15) is 0 Å². The molecule has 0 bridgehead atoms. The first kappa shape index (κ1) is 16.1. The van der Waals surface area contributed by atoms with Gasteiger partial charge in [-0.3, -0.25) is 0 Å². The molecule has 6 heteroatoms. The molecule has 0 radical (unpaired) electrons. The molecule has 1 aromatic carbocycles. The molecule has 2 atom stereocenters. The quantitative estimate of drug-likeness (QED) is 0.815. The highest BCUT2D eigenvalue weighted by molar-refractivity contribution is 5.86. The van der Waals surface area contributed by atoms with Gasteiger partial charge in [0.15, 0.2) is 5.69 Å². The molecule has 4 rings (SSSR count). The number of nitrogens with zero attached hydrogens (tertiary/aromatic N) is 3. The Balaban J connectivity index is 1.49. The van der Waals surface area contributed by atoms with Crippen LogP contribution in [0.4, 0.5) is 5.69 Å². The molecule has 1 N–H and O–H groups in total. The fourth-order valence-electron chi connectivity index (χ4n) is 3.67. The van der Waals surface area contributed by atoms with Crippen LogP contribution in [-0.2, 0) is 17.9 Å². The SMILES string of the molecule is CCOC(=O)c1cn(Cc2ccc(N3CC4CC4C3)cc2CO)cn1. The number of benzene rings is 1. The molecule has 0 amide bonds. The third kappa shape index (κ3) is 3.26. The van der Waals surface area contributed by atoms with Gasteiger partial charge in [0.05, 0.1) is 19.5 Å². The van der Waals surface area contributed by atoms with Crippen LogP contribution in [0.5, 0.6) is 0 Å². The Morgan fingerprint density at radius 3 is 2.84 bits per heavy atom. The van der Waals surface area contributed by atoms with E-state index >= 15 is 0 Å². The van der Waals surface area contributed by atoms with Crippen LogP contribution in [0.2, 0.25) is 0 Å². The first-order valence-electron chi connectivity index (χ1n) is 8.84. The zero-order chi connectivity index (χ0) is 17.4. The minimum absolute atomic E-state index is 0.00327. The van der Waals surface area contributed by atoms with Crippen LogP contribution in [0, 0.1) is 11.8 Å². The molecular formula is C19H23N3O3. The number of carbonyl (C=O) groups is 1. The highest BCUT2D eigenvalue weighted by Gasteiger charge is 2.45. The molecular weight excluding hydrogens is 318 g/mol. The van der Waals surface area contributed by atoms with Crippen molar-refractivity contribution in [3.8, 4) is 0 Å². The molecule has 132 valence electrons. The molecule has 2 heterocycles. The topological polar surface area (TPSA) is 67.6 Å². The van der Waals surface area contributed by atoms with Crippen molar-refractivity contribution < 1.29 is 14.6 Å². The number of anilines is 1. The maximum atomic E-state index is 11.7. The Hall–Kier alpha value is -2.34. The van der Waals surface area contributed by atoms with Gasteiger partial charge in [0.1, 0.15) is 0 Å². The first-order chi connectivity index (χ1) is 12.2. The number of piperidine rings is 1. The standard InChI is InChI=1S/C19H23N3O3/c1-2-25-19(24)18-10-21(12-20-18)7-13-3-4-17(6-16(13)11-23)22-8-14-5-15(14)9-22/h3-4,6,10,12,14-15,23H,2,5,7-9,11H2,1H3. The molecule has 6 nitrogen and oxygen atoms in total. The van der Waals surface area contributed by atoms with E-state index in [4.69, 9.17) is 4.74 Å². The molecule has 2 fully saturated rings. The lowest BCUT2D eigenvalue weighted by atomic mass is 10.1. The number of aliphatic hydroxyl groups excluding tert-OH is 1. The Morgan fingerprint density at radius 1 is 1.32 bits per heavy atom. The van der Waals surface area contributed by atoms with Crippen molar-refractivity contribution in [3.63, 3.8) is 0 Å². The monoisotopic (exact) mass is 341 g/mol. The number of hydrogen-bond acceptors (Lipinski definition) is 5. The highest BCUT2D eigenvalue weighted by atomic mass is 16.5. The molecule has 1 aliphatic heterocycles. The summed E-state index contributed by atoms with van der Waals surface area (Å²) in [5.41, 5.74) is 3.45. The van der Waals surface area contributed by atoms with Crippen LogP contribution < -0.4 is 4.90 Å². The van der Waals surface area contributed by atoms with E-state index in [1.807, 2.05) is 4.57 Å². The van der Waals surface area contributed by atoms with Gasteiger partial charge in [-0.1, -0.05) is 6.07 Å². The summed E-state index contributed by atoms with van der Waals surface area (Å²) in [6, 6.07) is 6.28. The van der Waals surface area contributed by atoms with E-state index in [9.17, 15) is 9.90 Å². The van der Waals surface area contributed by atoms with Gasteiger partial charge < -0.3 is 19.3 Å². The smallest absolute Gasteiger partial charge is 0.358 e. The summed E-state index contributed by atoms with van der Waals surface area (Å²) >= 11 is 0. The zero-order valence-electron chi connectivity index (χ0n) is 14.4. The Labute approximate surface area is 147 Å². The summed E-state index contributed by atoms with van der Waals surface area (Å²) in [5.74, 6) is 1.35. The van der Waals surface area contributed by atoms with Gasteiger partial charge in [-0.25, -0.2) is 9.78 Å². The van der Waals surface area contributed by atoms with Gasteiger partial charge in [-0.05, 0) is 48.4 Å². The minimum atomic E-state index is -0.411. The third-order valence-electron chi connectivity index (χ3n) is 5.17. The number of esters is 1. The number of fused-ring (bicyclic) bond motifs is 1. The molecule has 2 unspecified atom stereocenters. The average molecular weight is 341 g/mol. The molecule has 2 aliphatic rings. The molecule has 1 aliphatic carbocycles. The molecule has 1 saturated carbocycles. The second-order valence-electron chi connectivity index (χ2n) is 6.92. The van der Waals surface area contributed by atoms with Crippen LogP contribution in [0.15, 0.2) is 30.7 Å². The number of carbonyl (C=O) groups excluding carboxylic acids is 1. The summed E-state index contributed by atoms with van der Waals surface area (Å²) in [5, 5.41) is 9.77. The van der Waals surface area contributed by atoms with Gasteiger partial charge >= 0.3 is 5.97 Å². The maximum Gasteiger partial charge on any atom is 0.358 e. The first-order valence-corrected chi connectivity index (χ1v) is 8.84. The van der Waals surface area contributed by atoms with Crippen molar-refractivity contribution in [2.45, 2.75) is 26.5 Å². The summed E-state index contributed by atoms with van der Waals surface area (Å²) in [6.45, 7) is 4.95. The maximum absolute atomic E-state index is 11.7. The van der Waals surface area contributed by atoms with Gasteiger partial charge in [0.25, 0.3) is 0 Å². The van der Waals surface area contributed by atoms with Crippen molar-refractivity contribution in [2.24, 2.45) is 11.8 Å². The lowest BCUT2D eigenvalue weighted by molar-refractivity contribution is 0.0520. The van der Waals surface area contributed by atoms with Crippen LogP contribution in [0.25, 0.3) is 0 Å². The Bertz CT molecular complexity index is 776. The molecule has 0 spiro atoms. The predicted molar refractivity (Wildman–Crippen MR) is 93.5 cm³/mol. The predicted octanol–water partition coefficient (Wildman–Crippen LogP) is 2.06. The minimum Gasteiger partial charge on any atom is -0.461 e. The van der Waals surface area contributed by atoms with E-state index in [1.165, 1.54) is 12.1 Å². The normalized spacial score (nSPS) is 21.3. The number of hydrogen-bond donors (Lipinski definition) is 1. The average Bonchev–Trinajstić information content (AvgIpc) is 3.02. The second-order valence-corrected chi connectivity index (χ2v) is 6.92. The van der Waals surface area contributed by atoms with Crippen molar-refractivity contribution in [1.29, 1.82) is 0 Å².